The lowest BCUT2D eigenvalue weighted by molar-refractivity contribution is 0.193. The summed E-state index contributed by atoms with van der Waals surface area (Å²) in [5.41, 5.74) is 7.21. The van der Waals surface area contributed by atoms with Crippen LogP contribution in [0.4, 0.5) is 0 Å². The van der Waals surface area contributed by atoms with Crippen LogP contribution in [0.2, 0.25) is 0 Å². The Balaban J connectivity index is 2.02. The summed E-state index contributed by atoms with van der Waals surface area (Å²) in [6.45, 7) is 3.85. The predicted octanol–water partition coefficient (Wildman–Crippen LogP) is 2.45. The molecule has 3 nitrogen and oxygen atoms in total. The van der Waals surface area contributed by atoms with Crippen LogP contribution in [0, 0.1) is 0 Å². The van der Waals surface area contributed by atoms with Crippen LogP contribution in [0.3, 0.4) is 0 Å². The maximum atomic E-state index is 6.03. The highest BCUT2D eigenvalue weighted by Gasteiger charge is 2.21. The van der Waals surface area contributed by atoms with Crippen molar-refractivity contribution in [2.75, 3.05) is 13.2 Å². The van der Waals surface area contributed by atoms with Gasteiger partial charge in [-0.3, -0.25) is 0 Å². The van der Waals surface area contributed by atoms with Gasteiger partial charge in [-0.1, -0.05) is 13.3 Å². The van der Waals surface area contributed by atoms with Crippen molar-refractivity contribution in [1.29, 1.82) is 0 Å². The smallest absolute Gasteiger partial charge is 0.110 e. The van der Waals surface area contributed by atoms with E-state index in [1.165, 1.54) is 5.69 Å². The summed E-state index contributed by atoms with van der Waals surface area (Å²) >= 11 is 1.69. The highest BCUT2D eigenvalue weighted by atomic mass is 32.1. The molecule has 0 aliphatic carbocycles. The first-order valence-electron chi connectivity index (χ1n) is 5.60. The SMILES string of the molecule is CCCC(N)c1nc(C2CCOC2)cs1. The molecule has 0 radical (unpaired) electrons. The molecule has 1 saturated heterocycles. The molecule has 1 fully saturated rings. The van der Waals surface area contributed by atoms with Crippen LogP contribution in [0.5, 0.6) is 0 Å². The maximum Gasteiger partial charge on any atom is 0.110 e. The van der Waals surface area contributed by atoms with E-state index in [-0.39, 0.29) is 6.04 Å². The minimum Gasteiger partial charge on any atom is -0.381 e. The number of rotatable bonds is 4. The van der Waals surface area contributed by atoms with Gasteiger partial charge in [0.25, 0.3) is 0 Å². The monoisotopic (exact) mass is 226 g/mol. The molecular weight excluding hydrogens is 208 g/mol. The van der Waals surface area contributed by atoms with E-state index in [4.69, 9.17) is 10.5 Å². The fraction of sp³-hybridized carbons (Fsp3) is 0.727. The number of thiazole rings is 1. The van der Waals surface area contributed by atoms with E-state index in [0.717, 1.165) is 37.5 Å². The van der Waals surface area contributed by atoms with Gasteiger partial charge in [-0.2, -0.15) is 0 Å². The molecule has 0 spiro atoms. The van der Waals surface area contributed by atoms with E-state index in [9.17, 15) is 0 Å². The summed E-state index contributed by atoms with van der Waals surface area (Å²) in [5.74, 6) is 0.504. The van der Waals surface area contributed by atoms with Gasteiger partial charge in [0.1, 0.15) is 5.01 Å². The van der Waals surface area contributed by atoms with Crippen LogP contribution < -0.4 is 5.73 Å². The Bertz CT molecular complexity index is 307. The number of aromatic nitrogens is 1. The van der Waals surface area contributed by atoms with Gasteiger partial charge in [0.2, 0.25) is 0 Å². The minimum absolute atomic E-state index is 0.121. The first-order valence-corrected chi connectivity index (χ1v) is 6.48. The van der Waals surface area contributed by atoms with Gasteiger partial charge in [0.05, 0.1) is 18.3 Å². The van der Waals surface area contributed by atoms with Crippen molar-refractivity contribution in [3.8, 4) is 0 Å². The van der Waals surface area contributed by atoms with E-state index >= 15 is 0 Å². The summed E-state index contributed by atoms with van der Waals surface area (Å²) in [7, 11) is 0. The summed E-state index contributed by atoms with van der Waals surface area (Å²) in [6.07, 6.45) is 3.24. The van der Waals surface area contributed by atoms with Crippen LogP contribution in [-0.4, -0.2) is 18.2 Å². The molecule has 84 valence electrons. The van der Waals surface area contributed by atoms with Crippen LogP contribution in [0.25, 0.3) is 0 Å². The second-order valence-electron chi connectivity index (χ2n) is 4.07. The van der Waals surface area contributed by atoms with Crippen LogP contribution in [-0.2, 0) is 4.74 Å². The molecule has 2 N–H and O–H groups in total. The number of nitrogens with two attached hydrogens (primary N) is 1. The Morgan fingerprint density at radius 2 is 2.60 bits per heavy atom. The lowest BCUT2D eigenvalue weighted by atomic mass is 10.1. The number of nitrogens with zero attached hydrogens (tertiary/aromatic N) is 1. The summed E-state index contributed by atoms with van der Waals surface area (Å²) in [4.78, 5) is 4.62. The third-order valence-electron chi connectivity index (χ3n) is 2.80. The predicted molar refractivity (Wildman–Crippen MR) is 62.1 cm³/mol. The van der Waals surface area contributed by atoms with Gasteiger partial charge in [-0.05, 0) is 12.8 Å². The normalized spacial score (nSPS) is 23.2. The van der Waals surface area contributed by atoms with Gasteiger partial charge in [0, 0.05) is 17.9 Å². The van der Waals surface area contributed by atoms with Crippen molar-refractivity contribution < 1.29 is 4.74 Å². The molecule has 0 aromatic carbocycles. The van der Waals surface area contributed by atoms with Crippen molar-refractivity contribution in [2.45, 2.75) is 38.1 Å². The average molecular weight is 226 g/mol. The number of hydrogen-bond donors (Lipinski definition) is 1. The van der Waals surface area contributed by atoms with Crippen molar-refractivity contribution in [3.63, 3.8) is 0 Å². The topological polar surface area (TPSA) is 48.1 Å². The summed E-state index contributed by atoms with van der Waals surface area (Å²) < 4.78 is 5.36. The highest BCUT2D eigenvalue weighted by Crippen LogP contribution is 2.28. The van der Waals surface area contributed by atoms with Crippen LogP contribution in [0.1, 0.15) is 48.8 Å². The van der Waals surface area contributed by atoms with Crippen LogP contribution >= 0.6 is 11.3 Å². The molecule has 0 bridgehead atoms. The number of hydrogen-bond acceptors (Lipinski definition) is 4. The van der Waals surface area contributed by atoms with E-state index in [1.807, 2.05) is 0 Å². The van der Waals surface area contributed by atoms with Gasteiger partial charge in [0.15, 0.2) is 0 Å². The van der Waals surface area contributed by atoms with Gasteiger partial charge < -0.3 is 10.5 Å². The third kappa shape index (κ3) is 2.56. The Morgan fingerprint density at radius 1 is 1.73 bits per heavy atom. The van der Waals surface area contributed by atoms with Crippen molar-refractivity contribution in [1.82, 2.24) is 4.98 Å². The molecular formula is C11H18N2OS. The molecule has 4 heteroatoms. The summed E-state index contributed by atoms with van der Waals surface area (Å²) in [6, 6.07) is 0.121. The quantitative estimate of drug-likeness (QED) is 0.858. The van der Waals surface area contributed by atoms with E-state index in [2.05, 4.69) is 17.3 Å². The average Bonchev–Trinajstić information content (AvgIpc) is 2.89. The Hall–Kier alpha value is -0.450. The van der Waals surface area contributed by atoms with E-state index in [1.54, 1.807) is 11.3 Å². The van der Waals surface area contributed by atoms with E-state index in [0.29, 0.717) is 5.92 Å². The second kappa shape index (κ2) is 5.05. The molecule has 15 heavy (non-hydrogen) atoms. The van der Waals surface area contributed by atoms with E-state index < -0.39 is 0 Å². The molecule has 0 amide bonds. The Morgan fingerprint density at radius 3 is 3.27 bits per heavy atom. The fourth-order valence-electron chi connectivity index (χ4n) is 1.86. The molecule has 1 aliphatic heterocycles. The first kappa shape index (κ1) is 11.0. The van der Waals surface area contributed by atoms with Crippen LogP contribution in [0.15, 0.2) is 5.38 Å². The first-order chi connectivity index (χ1) is 7.31. The molecule has 1 aromatic rings. The van der Waals surface area contributed by atoms with Gasteiger partial charge in [-0.25, -0.2) is 4.98 Å². The zero-order chi connectivity index (χ0) is 10.7. The second-order valence-corrected chi connectivity index (χ2v) is 4.96. The fourth-order valence-corrected chi connectivity index (χ4v) is 2.80. The summed E-state index contributed by atoms with van der Waals surface area (Å²) in [5, 5.41) is 3.23. The minimum atomic E-state index is 0.121. The largest absolute Gasteiger partial charge is 0.381 e. The van der Waals surface area contributed by atoms with Crippen molar-refractivity contribution >= 4 is 11.3 Å². The molecule has 2 heterocycles. The lowest BCUT2D eigenvalue weighted by Crippen LogP contribution is -2.09. The Kier molecular flexibility index (Phi) is 3.72. The zero-order valence-corrected chi connectivity index (χ0v) is 9.93. The highest BCUT2D eigenvalue weighted by molar-refractivity contribution is 7.09. The third-order valence-corrected chi connectivity index (χ3v) is 3.80. The maximum absolute atomic E-state index is 6.03. The molecule has 2 unspecified atom stereocenters. The standard InChI is InChI=1S/C11H18N2OS/c1-2-3-9(12)11-13-10(7-15-11)8-4-5-14-6-8/h7-9H,2-6,12H2,1H3. The lowest BCUT2D eigenvalue weighted by Gasteiger charge is -2.06. The van der Waals surface area contributed by atoms with Crippen molar-refractivity contribution in [3.05, 3.63) is 16.1 Å². The van der Waals surface area contributed by atoms with Gasteiger partial charge in [-0.15, -0.1) is 11.3 Å². The number of ether oxygens (including phenoxy) is 1. The molecule has 2 rings (SSSR count). The van der Waals surface area contributed by atoms with Gasteiger partial charge >= 0.3 is 0 Å². The molecule has 2 atom stereocenters. The molecule has 1 aromatic heterocycles. The Labute approximate surface area is 94.7 Å². The van der Waals surface area contributed by atoms with Crippen molar-refractivity contribution in [2.24, 2.45) is 5.73 Å². The molecule has 1 aliphatic rings. The molecule has 0 saturated carbocycles. The zero-order valence-electron chi connectivity index (χ0n) is 9.11.